The van der Waals surface area contributed by atoms with Crippen molar-refractivity contribution >= 4 is 17.5 Å². The minimum absolute atomic E-state index is 0.261. The van der Waals surface area contributed by atoms with Crippen LogP contribution in [0.4, 0.5) is 5.69 Å². The molecule has 2 rings (SSSR count). The number of nitrogens with one attached hydrogen (secondary N) is 2. The van der Waals surface area contributed by atoms with Gasteiger partial charge in [0.15, 0.2) is 0 Å². The summed E-state index contributed by atoms with van der Waals surface area (Å²) in [6.07, 6.45) is 3.07. The lowest BCUT2D eigenvalue weighted by molar-refractivity contribution is -0.137. The van der Waals surface area contributed by atoms with E-state index in [1.807, 2.05) is 12.1 Å². The van der Waals surface area contributed by atoms with Crippen molar-refractivity contribution in [2.45, 2.75) is 25.9 Å². The summed E-state index contributed by atoms with van der Waals surface area (Å²) >= 11 is 0. The Kier molecular flexibility index (Phi) is 5.07. The van der Waals surface area contributed by atoms with Crippen LogP contribution in [-0.4, -0.2) is 43.8 Å². The molecule has 0 aliphatic rings. The molecule has 1 aromatic carbocycles. The van der Waals surface area contributed by atoms with Gasteiger partial charge in [-0.2, -0.15) is 5.10 Å². The third-order valence-electron chi connectivity index (χ3n) is 3.08. The van der Waals surface area contributed by atoms with E-state index >= 15 is 0 Å². The molecule has 122 valence electrons. The van der Waals surface area contributed by atoms with Crippen LogP contribution >= 0.6 is 0 Å². The van der Waals surface area contributed by atoms with E-state index in [-0.39, 0.29) is 6.61 Å². The number of amides is 2. The highest BCUT2D eigenvalue weighted by atomic mass is 16.3. The van der Waals surface area contributed by atoms with Gasteiger partial charge in [0, 0.05) is 5.69 Å². The monoisotopic (exact) mass is 317 g/mol. The molecule has 0 aliphatic carbocycles. The molecule has 0 unspecified atom stereocenters. The van der Waals surface area contributed by atoms with Crippen LogP contribution < -0.4 is 10.6 Å². The van der Waals surface area contributed by atoms with Gasteiger partial charge in [0.05, 0.1) is 18.7 Å². The van der Waals surface area contributed by atoms with Crippen LogP contribution in [0.1, 0.15) is 19.4 Å². The minimum Gasteiger partial charge on any atom is -0.394 e. The predicted molar refractivity (Wildman–Crippen MR) is 83.5 cm³/mol. The van der Waals surface area contributed by atoms with E-state index in [1.165, 1.54) is 6.33 Å². The van der Waals surface area contributed by atoms with E-state index < -0.39 is 17.4 Å². The van der Waals surface area contributed by atoms with Crippen molar-refractivity contribution in [3.8, 4) is 0 Å². The zero-order chi connectivity index (χ0) is 16.9. The summed E-state index contributed by atoms with van der Waals surface area (Å²) in [6, 6.07) is 7.06. The number of rotatable bonds is 5. The van der Waals surface area contributed by atoms with Gasteiger partial charge >= 0.3 is 11.8 Å². The Bertz CT molecular complexity index is 665. The summed E-state index contributed by atoms with van der Waals surface area (Å²) in [6.45, 7) is 3.55. The van der Waals surface area contributed by atoms with Crippen molar-refractivity contribution < 1.29 is 14.7 Å². The molecule has 0 fully saturated rings. The van der Waals surface area contributed by atoms with Gasteiger partial charge in [0.2, 0.25) is 0 Å². The molecule has 0 saturated heterocycles. The van der Waals surface area contributed by atoms with Crippen molar-refractivity contribution in [2.75, 3.05) is 11.9 Å². The van der Waals surface area contributed by atoms with Crippen LogP contribution in [0.25, 0.3) is 0 Å². The van der Waals surface area contributed by atoms with Crippen molar-refractivity contribution in [3.05, 3.63) is 42.5 Å². The lowest BCUT2D eigenvalue weighted by atomic mass is 10.1. The summed E-state index contributed by atoms with van der Waals surface area (Å²) < 4.78 is 1.68. The van der Waals surface area contributed by atoms with E-state index in [0.717, 1.165) is 5.56 Å². The number of hydrogen-bond donors (Lipinski definition) is 3. The first-order valence-corrected chi connectivity index (χ1v) is 7.05. The molecular formula is C15H19N5O3. The van der Waals surface area contributed by atoms with Crippen LogP contribution in [0.3, 0.4) is 0 Å². The lowest BCUT2D eigenvalue weighted by Gasteiger charge is -2.22. The van der Waals surface area contributed by atoms with Gasteiger partial charge in [-0.1, -0.05) is 12.1 Å². The summed E-state index contributed by atoms with van der Waals surface area (Å²) in [4.78, 5) is 27.4. The summed E-state index contributed by atoms with van der Waals surface area (Å²) in [5.41, 5.74) is 0.643. The molecular weight excluding hydrogens is 298 g/mol. The SMILES string of the molecule is CC(C)(CO)NC(=O)C(=O)Nc1ccc(Cn2cncn2)cc1. The molecule has 0 radical (unpaired) electrons. The second kappa shape index (κ2) is 7.01. The van der Waals surface area contributed by atoms with Gasteiger partial charge in [-0.15, -0.1) is 0 Å². The number of carbonyl (C=O) groups excluding carboxylic acids is 2. The molecule has 0 bridgehead atoms. The standard InChI is InChI=1S/C15H19N5O3/c1-15(2,8-21)19-14(23)13(22)18-12-5-3-11(4-6-12)7-20-10-16-9-17-20/h3-6,9-10,21H,7-8H2,1-2H3,(H,18,22)(H,19,23). The lowest BCUT2D eigenvalue weighted by Crippen LogP contribution is -2.50. The fraction of sp³-hybridized carbons (Fsp3) is 0.333. The Balaban J connectivity index is 1.92. The molecule has 1 heterocycles. The maximum absolute atomic E-state index is 11.8. The quantitative estimate of drug-likeness (QED) is 0.680. The topological polar surface area (TPSA) is 109 Å². The molecule has 0 atom stereocenters. The summed E-state index contributed by atoms with van der Waals surface area (Å²) in [5.74, 6) is -1.58. The third kappa shape index (κ3) is 4.89. The zero-order valence-corrected chi connectivity index (χ0v) is 13.0. The summed E-state index contributed by atoms with van der Waals surface area (Å²) in [5, 5.41) is 18.1. The largest absolute Gasteiger partial charge is 0.394 e. The van der Waals surface area contributed by atoms with Crippen molar-refractivity contribution in [1.82, 2.24) is 20.1 Å². The molecule has 3 N–H and O–H groups in total. The summed E-state index contributed by atoms with van der Waals surface area (Å²) in [7, 11) is 0. The highest BCUT2D eigenvalue weighted by molar-refractivity contribution is 6.39. The number of aromatic nitrogens is 3. The Morgan fingerprint density at radius 3 is 2.48 bits per heavy atom. The normalized spacial score (nSPS) is 11.1. The average molecular weight is 317 g/mol. The Morgan fingerprint density at radius 1 is 1.22 bits per heavy atom. The zero-order valence-electron chi connectivity index (χ0n) is 13.0. The molecule has 0 spiro atoms. The van der Waals surface area contributed by atoms with Gasteiger partial charge in [0.1, 0.15) is 12.7 Å². The molecule has 8 heteroatoms. The maximum Gasteiger partial charge on any atom is 0.313 e. The smallest absolute Gasteiger partial charge is 0.313 e. The average Bonchev–Trinajstić information content (AvgIpc) is 3.01. The van der Waals surface area contributed by atoms with Crippen LogP contribution in [0.5, 0.6) is 0 Å². The fourth-order valence-corrected chi connectivity index (χ4v) is 1.79. The predicted octanol–water partition coefficient (Wildman–Crippen LogP) is 0.152. The number of aliphatic hydroxyl groups is 1. The number of carbonyl (C=O) groups is 2. The van der Waals surface area contributed by atoms with Crippen LogP contribution in [0.2, 0.25) is 0 Å². The van der Waals surface area contributed by atoms with Crippen LogP contribution in [-0.2, 0) is 16.1 Å². The van der Waals surface area contributed by atoms with Gasteiger partial charge < -0.3 is 15.7 Å². The number of anilines is 1. The van der Waals surface area contributed by atoms with Crippen molar-refractivity contribution in [3.63, 3.8) is 0 Å². The molecule has 0 aliphatic heterocycles. The maximum atomic E-state index is 11.8. The number of hydrogen-bond acceptors (Lipinski definition) is 5. The first-order chi connectivity index (χ1) is 10.9. The van der Waals surface area contributed by atoms with E-state index in [9.17, 15) is 9.59 Å². The van der Waals surface area contributed by atoms with Crippen LogP contribution in [0.15, 0.2) is 36.9 Å². The minimum atomic E-state index is -0.851. The second-order valence-corrected chi connectivity index (χ2v) is 5.74. The van der Waals surface area contributed by atoms with Gasteiger partial charge in [-0.05, 0) is 31.5 Å². The number of benzene rings is 1. The number of aliphatic hydroxyl groups excluding tert-OH is 1. The fourth-order valence-electron chi connectivity index (χ4n) is 1.79. The highest BCUT2D eigenvalue weighted by Crippen LogP contribution is 2.10. The van der Waals surface area contributed by atoms with E-state index in [4.69, 9.17) is 5.11 Å². The molecule has 8 nitrogen and oxygen atoms in total. The Morgan fingerprint density at radius 2 is 1.91 bits per heavy atom. The molecule has 0 saturated carbocycles. The first-order valence-electron chi connectivity index (χ1n) is 7.05. The van der Waals surface area contributed by atoms with Crippen molar-refractivity contribution in [2.24, 2.45) is 0 Å². The molecule has 2 aromatic rings. The van der Waals surface area contributed by atoms with Gasteiger partial charge in [-0.3, -0.25) is 9.59 Å². The van der Waals surface area contributed by atoms with E-state index in [1.54, 1.807) is 37.0 Å². The Labute approximate surface area is 133 Å². The van der Waals surface area contributed by atoms with Crippen LogP contribution in [0, 0.1) is 0 Å². The molecule has 1 aromatic heterocycles. The molecule has 23 heavy (non-hydrogen) atoms. The van der Waals surface area contributed by atoms with Gasteiger partial charge in [0.25, 0.3) is 0 Å². The van der Waals surface area contributed by atoms with Crippen molar-refractivity contribution in [1.29, 1.82) is 0 Å². The third-order valence-corrected chi connectivity index (χ3v) is 3.08. The second-order valence-electron chi connectivity index (χ2n) is 5.74. The van der Waals surface area contributed by atoms with Gasteiger partial charge in [-0.25, -0.2) is 9.67 Å². The van der Waals surface area contributed by atoms with E-state index in [0.29, 0.717) is 12.2 Å². The Hall–Kier alpha value is -2.74. The van der Waals surface area contributed by atoms with E-state index in [2.05, 4.69) is 20.7 Å². The first kappa shape index (κ1) is 16.6. The molecule has 2 amide bonds. The highest BCUT2D eigenvalue weighted by Gasteiger charge is 2.23. The number of nitrogens with zero attached hydrogens (tertiary/aromatic N) is 3.